The monoisotopic (exact) mass is 430 g/mol. The largest absolute Gasteiger partial charge is 0.416 e. The topological polar surface area (TPSA) is 46.3 Å². The van der Waals surface area contributed by atoms with Crippen molar-refractivity contribution in [3.63, 3.8) is 0 Å². The minimum Gasteiger partial charge on any atom is -0.338 e. The molecule has 158 valence electrons. The number of carbonyl (C=O) groups is 1. The molecule has 0 bridgehead atoms. The summed E-state index contributed by atoms with van der Waals surface area (Å²) in [6, 6.07) is 8.22. The van der Waals surface area contributed by atoms with Gasteiger partial charge in [0.1, 0.15) is 5.82 Å². The van der Waals surface area contributed by atoms with Crippen LogP contribution in [0.25, 0.3) is 11.1 Å². The molecule has 0 aromatic heterocycles. The molecule has 0 aliphatic carbocycles. The third kappa shape index (κ3) is 5.28. The van der Waals surface area contributed by atoms with Crippen molar-refractivity contribution in [1.82, 2.24) is 4.90 Å². The first kappa shape index (κ1) is 23.2. The van der Waals surface area contributed by atoms with Gasteiger partial charge in [-0.1, -0.05) is 18.2 Å². The van der Waals surface area contributed by atoms with Crippen LogP contribution in [0.5, 0.6) is 0 Å². The fraction of sp³-hybridized carbons (Fsp3) is 0.381. The third-order valence-electron chi connectivity index (χ3n) is 5.20. The number of alkyl halides is 3. The second kappa shape index (κ2) is 9.13. The zero-order valence-electron chi connectivity index (χ0n) is 15.9. The van der Waals surface area contributed by atoms with E-state index in [9.17, 15) is 22.4 Å². The van der Waals surface area contributed by atoms with Gasteiger partial charge in [-0.3, -0.25) is 4.79 Å². The van der Waals surface area contributed by atoms with E-state index in [-0.39, 0.29) is 41.1 Å². The molecule has 1 saturated heterocycles. The SMILES string of the molecule is CC(N)C1CCCN(C(=O)c2cc(F)ccc2-c2cccc(C(F)(F)F)c2)C1.Cl. The Morgan fingerprint density at radius 2 is 1.93 bits per heavy atom. The highest BCUT2D eigenvalue weighted by atomic mass is 35.5. The van der Waals surface area contributed by atoms with Crippen molar-refractivity contribution in [2.75, 3.05) is 13.1 Å². The molecule has 1 aliphatic heterocycles. The number of hydrogen-bond acceptors (Lipinski definition) is 2. The van der Waals surface area contributed by atoms with Gasteiger partial charge in [-0.15, -0.1) is 12.4 Å². The van der Waals surface area contributed by atoms with Crippen LogP contribution >= 0.6 is 12.4 Å². The lowest BCUT2D eigenvalue weighted by molar-refractivity contribution is -0.137. The quantitative estimate of drug-likeness (QED) is 0.686. The van der Waals surface area contributed by atoms with E-state index in [0.29, 0.717) is 13.1 Å². The van der Waals surface area contributed by atoms with E-state index in [1.807, 2.05) is 6.92 Å². The summed E-state index contributed by atoms with van der Waals surface area (Å²) in [4.78, 5) is 14.7. The fourth-order valence-electron chi connectivity index (χ4n) is 3.60. The molecule has 0 spiro atoms. The van der Waals surface area contributed by atoms with E-state index in [1.54, 1.807) is 4.90 Å². The molecule has 3 rings (SSSR count). The summed E-state index contributed by atoms with van der Waals surface area (Å²) in [7, 11) is 0. The first-order valence-electron chi connectivity index (χ1n) is 9.19. The van der Waals surface area contributed by atoms with Crippen LogP contribution in [0.15, 0.2) is 42.5 Å². The first-order valence-corrected chi connectivity index (χ1v) is 9.19. The molecule has 8 heteroatoms. The maximum Gasteiger partial charge on any atom is 0.416 e. The van der Waals surface area contributed by atoms with Gasteiger partial charge in [-0.2, -0.15) is 13.2 Å². The summed E-state index contributed by atoms with van der Waals surface area (Å²) in [6.07, 6.45) is -2.81. The molecule has 0 radical (unpaired) electrons. The number of likely N-dealkylation sites (tertiary alicyclic amines) is 1. The summed E-state index contributed by atoms with van der Waals surface area (Å²) in [5.41, 5.74) is 5.71. The second-order valence-corrected chi connectivity index (χ2v) is 7.28. The third-order valence-corrected chi connectivity index (χ3v) is 5.20. The molecule has 2 aromatic carbocycles. The van der Waals surface area contributed by atoms with E-state index < -0.39 is 23.5 Å². The number of piperidine rings is 1. The number of halogens is 5. The van der Waals surface area contributed by atoms with Crippen molar-refractivity contribution >= 4 is 18.3 Å². The maximum atomic E-state index is 13.9. The Balaban J connectivity index is 0.00000300. The molecule has 2 atom stereocenters. The molecular weight excluding hydrogens is 408 g/mol. The number of hydrogen-bond donors (Lipinski definition) is 1. The van der Waals surface area contributed by atoms with Gasteiger partial charge in [-0.25, -0.2) is 4.39 Å². The van der Waals surface area contributed by atoms with E-state index in [0.717, 1.165) is 37.1 Å². The Morgan fingerprint density at radius 3 is 2.59 bits per heavy atom. The summed E-state index contributed by atoms with van der Waals surface area (Å²) >= 11 is 0. The van der Waals surface area contributed by atoms with Crippen molar-refractivity contribution in [1.29, 1.82) is 0 Å². The van der Waals surface area contributed by atoms with Gasteiger partial charge >= 0.3 is 6.18 Å². The predicted molar refractivity (Wildman–Crippen MR) is 106 cm³/mol. The number of amides is 1. The van der Waals surface area contributed by atoms with Crippen molar-refractivity contribution in [3.05, 3.63) is 59.4 Å². The average Bonchev–Trinajstić information content (AvgIpc) is 2.67. The van der Waals surface area contributed by atoms with Gasteiger partial charge in [-0.05, 0) is 61.1 Å². The highest BCUT2D eigenvalue weighted by Gasteiger charge is 2.31. The van der Waals surface area contributed by atoms with Crippen molar-refractivity contribution in [2.24, 2.45) is 11.7 Å². The van der Waals surface area contributed by atoms with Gasteiger partial charge in [0.15, 0.2) is 0 Å². The van der Waals surface area contributed by atoms with Crippen LogP contribution in [-0.4, -0.2) is 29.9 Å². The normalized spacial score (nSPS) is 18.1. The predicted octanol–water partition coefficient (Wildman–Crippen LogP) is 5.13. The molecule has 1 aliphatic rings. The smallest absolute Gasteiger partial charge is 0.338 e. The van der Waals surface area contributed by atoms with E-state index in [2.05, 4.69) is 0 Å². The molecule has 1 heterocycles. The molecule has 1 amide bonds. The number of benzene rings is 2. The van der Waals surface area contributed by atoms with E-state index in [4.69, 9.17) is 5.73 Å². The molecule has 3 nitrogen and oxygen atoms in total. The number of carbonyl (C=O) groups excluding carboxylic acids is 1. The van der Waals surface area contributed by atoms with Crippen molar-refractivity contribution in [2.45, 2.75) is 32.0 Å². The average molecular weight is 431 g/mol. The van der Waals surface area contributed by atoms with Crippen LogP contribution in [0.2, 0.25) is 0 Å². The van der Waals surface area contributed by atoms with Crippen LogP contribution in [0, 0.1) is 11.7 Å². The summed E-state index contributed by atoms with van der Waals surface area (Å²) in [5.74, 6) is -0.861. The molecule has 1 fully saturated rings. The van der Waals surface area contributed by atoms with Gasteiger partial charge in [0.05, 0.1) is 11.1 Å². The molecular formula is C21H23ClF4N2O. The lowest BCUT2D eigenvalue weighted by atomic mass is 9.91. The van der Waals surface area contributed by atoms with E-state index in [1.165, 1.54) is 18.2 Å². The standard InChI is InChI=1S/C21H22F4N2O.ClH/c1-13(26)15-5-3-9-27(12-15)20(28)19-11-17(22)7-8-18(19)14-4-2-6-16(10-14)21(23,24)25;/h2,4,6-8,10-11,13,15H,3,5,9,12,26H2,1H3;1H. The summed E-state index contributed by atoms with van der Waals surface area (Å²) in [6.45, 7) is 2.85. The molecule has 2 aromatic rings. The van der Waals surface area contributed by atoms with Gasteiger partial charge < -0.3 is 10.6 Å². The van der Waals surface area contributed by atoms with Crippen molar-refractivity contribution in [3.8, 4) is 11.1 Å². The molecule has 29 heavy (non-hydrogen) atoms. The van der Waals surface area contributed by atoms with Crippen molar-refractivity contribution < 1.29 is 22.4 Å². The number of nitrogens with two attached hydrogens (primary N) is 1. The highest BCUT2D eigenvalue weighted by Crippen LogP contribution is 2.34. The molecule has 2 unspecified atom stereocenters. The number of nitrogens with zero attached hydrogens (tertiary/aromatic N) is 1. The molecule has 2 N–H and O–H groups in total. The van der Waals surface area contributed by atoms with Crippen LogP contribution in [0.4, 0.5) is 17.6 Å². The Kier molecular flexibility index (Phi) is 7.30. The van der Waals surface area contributed by atoms with Gasteiger partial charge in [0, 0.05) is 19.1 Å². The van der Waals surface area contributed by atoms with Crippen LogP contribution in [0.1, 0.15) is 35.7 Å². The Morgan fingerprint density at radius 1 is 1.21 bits per heavy atom. The van der Waals surface area contributed by atoms with Gasteiger partial charge in [0.25, 0.3) is 5.91 Å². The lowest BCUT2D eigenvalue weighted by Crippen LogP contribution is -2.45. The maximum absolute atomic E-state index is 13.9. The Bertz CT molecular complexity index is 870. The minimum absolute atomic E-state index is 0. The van der Waals surface area contributed by atoms with Crippen LogP contribution < -0.4 is 5.73 Å². The lowest BCUT2D eigenvalue weighted by Gasteiger charge is -2.35. The molecule has 0 saturated carbocycles. The second-order valence-electron chi connectivity index (χ2n) is 7.28. The van der Waals surface area contributed by atoms with E-state index >= 15 is 0 Å². The Labute approximate surface area is 173 Å². The van der Waals surface area contributed by atoms with Crippen LogP contribution in [-0.2, 0) is 6.18 Å². The summed E-state index contributed by atoms with van der Waals surface area (Å²) in [5, 5.41) is 0. The van der Waals surface area contributed by atoms with Crippen LogP contribution in [0.3, 0.4) is 0 Å². The van der Waals surface area contributed by atoms with Gasteiger partial charge in [0.2, 0.25) is 0 Å². The zero-order chi connectivity index (χ0) is 20.5. The number of rotatable bonds is 3. The first-order chi connectivity index (χ1) is 13.2. The summed E-state index contributed by atoms with van der Waals surface area (Å²) < 4.78 is 53.1. The zero-order valence-corrected chi connectivity index (χ0v) is 16.7. The Hall–Kier alpha value is -2.12. The fourth-order valence-corrected chi connectivity index (χ4v) is 3.60. The minimum atomic E-state index is -4.50. The highest BCUT2D eigenvalue weighted by molar-refractivity contribution is 6.01.